The normalized spacial score (nSPS) is 16.5. The van der Waals surface area contributed by atoms with E-state index in [1.54, 1.807) is 12.1 Å². The number of piperidine rings is 1. The lowest BCUT2D eigenvalue weighted by molar-refractivity contribution is 0.104. The van der Waals surface area contributed by atoms with Crippen LogP contribution in [0.3, 0.4) is 0 Å². The van der Waals surface area contributed by atoms with Crippen molar-refractivity contribution in [2.24, 2.45) is 0 Å². The summed E-state index contributed by atoms with van der Waals surface area (Å²) in [6.07, 6.45) is 1.56. The van der Waals surface area contributed by atoms with Crippen molar-refractivity contribution in [2.75, 3.05) is 29.0 Å². The molecular formula is C21H20Cl2N4O2S. The number of β-amino-alcohol motifs (C(OH)–C–C–N with tert-alkyl or cyclic N) is 1. The monoisotopic (exact) mass is 462 g/mol. The Morgan fingerprint density at radius 2 is 1.97 bits per heavy atom. The lowest BCUT2D eigenvalue weighted by Gasteiger charge is -2.32. The SMILES string of the molecule is Nc1nc(Nc2ccc(N3CCCC(O)C3)cc2)sc1C(=O)c1ccc(Cl)c(Cl)c1. The quantitative estimate of drug-likeness (QED) is 0.463. The summed E-state index contributed by atoms with van der Waals surface area (Å²) >= 11 is 13.1. The molecule has 0 aliphatic carbocycles. The van der Waals surface area contributed by atoms with Crippen LogP contribution in [-0.2, 0) is 0 Å². The molecule has 0 saturated carbocycles. The van der Waals surface area contributed by atoms with Gasteiger partial charge in [-0.15, -0.1) is 0 Å². The van der Waals surface area contributed by atoms with Crippen molar-refractivity contribution in [3.8, 4) is 0 Å². The summed E-state index contributed by atoms with van der Waals surface area (Å²) in [4.78, 5) is 19.6. The van der Waals surface area contributed by atoms with Crippen LogP contribution in [-0.4, -0.2) is 35.1 Å². The number of carbonyl (C=O) groups excluding carboxylic acids is 1. The van der Waals surface area contributed by atoms with E-state index in [-0.39, 0.29) is 17.7 Å². The van der Waals surface area contributed by atoms with Crippen molar-refractivity contribution >= 4 is 62.6 Å². The summed E-state index contributed by atoms with van der Waals surface area (Å²) in [5.41, 5.74) is 8.28. The lowest BCUT2D eigenvalue weighted by Crippen LogP contribution is -2.38. The van der Waals surface area contributed by atoms with Crippen LogP contribution in [0.15, 0.2) is 42.5 Å². The van der Waals surface area contributed by atoms with Gasteiger partial charge in [-0.05, 0) is 55.3 Å². The van der Waals surface area contributed by atoms with Gasteiger partial charge in [-0.2, -0.15) is 0 Å². The minimum atomic E-state index is -0.277. The topological polar surface area (TPSA) is 91.5 Å². The van der Waals surface area contributed by atoms with E-state index in [1.165, 1.54) is 17.4 Å². The highest BCUT2D eigenvalue weighted by Crippen LogP contribution is 2.32. The zero-order chi connectivity index (χ0) is 21.3. The maximum atomic E-state index is 12.8. The standard InChI is InChI=1S/C21H20Cl2N4O2S/c22-16-8-3-12(10-17(16)23)18(29)19-20(24)26-21(30-19)25-13-4-6-14(7-5-13)27-9-1-2-15(28)11-27/h3-8,10,15,28H,1-2,9,11,24H2,(H,25,26). The molecule has 0 spiro atoms. The van der Waals surface area contributed by atoms with E-state index in [9.17, 15) is 9.90 Å². The average molecular weight is 463 g/mol. The number of nitrogens with one attached hydrogen (secondary N) is 1. The van der Waals surface area contributed by atoms with Crippen LogP contribution in [0.5, 0.6) is 0 Å². The van der Waals surface area contributed by atoms with E-state index in [1.807, 2.05) is 24.3 Å². The molecule has 9 heteroatoms. The Labute approximate surface area is 188 Å². The summed E-state index contributed by atoms with van der Waals surface area (Å²) in [7, 11) is 0. The number of rotatable bonds is 5. The van der Waals surface area contributed by atoms with Gasteiger partial charge in [0.2, 0.25) is 5.78 Å². The van der Waals surface area contributed by atoms with Gasteiger partial charge in [0, 0.05) is 30.0 Å². The van der Waals surface area contributed by atoms with Crippen LogP contribution in [0, 0.1) is 0 Å². The fourth-order valence-corrected chi connectivity index (χ4v) is 4.55. The van der Waals surface area contributed by atoms with E-state index in [0.29, 0.717) is 32.2 Å². The van der Waals surface area contributed by atoms with Gasteiger partial charge in [-0.1, -0.05) is 34.5 Å². The molecule has 1 aliphatic heterocycles. The van der Waals surface area contributed by atoms with E-state index in [2.05, 4.69) is 15.2 Å². The first-order valence-corrected chi connectivity index (χ1v) is 11.0. The molecule has 156 valence electrons. The van der Waals surface area contributed by atoms with Crippen LogP contribution >= 0.6 is 34.5 Å². The smallest absolute Gasteiger partial charge is 0.206 e. The number of hydrogen-bond donors (Lipinski definition) is 3. The molecule has 3 aromatic rings. The highest BCUT2D eigenvalue weighted by atomic mass is 35.5. The molecular weight excluding hydrogens is 443 g/mol. The third-order valence-corrected chi connectivity index (χ3v) is 6.65. The fourth-order valence-electron chi connectivity index (χ4n) is 3.38. The molecule has 0 radical (unpaired) electrons. The van der Waals surface area contributed by atoms with Gasteiger partial charge in [-0.25, -0.2) is 4.98 Å². The number of thiazole rings is 1. The minimum absolute atomic E-state index is 0.164. The molecule has 0 bridgehead atoms. The molecule has 1 aliphatic rings. The largest absolute Gasteiger partial charge is 0.391 e. The zero-order valence-electron chi connectivity index (χ0n) is 15.9. The first kappa shape index (κ1) is 20.9. The molecule has 4 rings (SSSR count). The highest BCUT2D eigenvalue weighted by Gasteiger charge is 2.20. The molecule has 0 amide bonds. The molecule has 6 nitrogen and oxygen atoms in total. The molecule has 1 unspecified atom stereocenters. The molecule has 2 heterocycles. The maximum absolute atomic E-state index is 12.8. The molecule has 1 aromatic heterocycles. The van der Waals surface area contributed by atoms with E-state index < -0.39 is 0 Å². The molecule has 1 fully saturated rings. The number of ketones is 1. The van der Waals surface area contributed by atoms with Crippen molar-refractivity contribution in [1.29, 1.82) is 0 Å². The second-order valence-electron chi connectivity index (χ2n) is 7.11. The minimum Gasteiger partial charge on any atom is -0.391 e. The number of halogens is 2. The van der Waals surface area contributed by atoms with Crippen LogP contribution in [0.2, 0.25) is 10.0 Å². The van der Waals surface area contributed by atoms with E-state index >= 15 is 0 Å². The number of anilines is 4. The number of aliphatic hydroxyl groups is 1. The van der Waals surface area contributed by atoms with Gasteiger partial charge < -0.3 is 21.1 Å². The molecule has 4 N–H and O–H groups in total. The lowest BCUT2D eigenvalue weighted by atomic mass is 10.1. The van der Waals surface area contributed by atoms with Crippen molar-refractivity contribution in [1.82, 2.24) is 4.98 Å². The number of carbonyl (C=O) groups is 1. The van der Waals surface area contributed by atoms with Gasteiger partial charge in [0.15, 0.2) is 5.13 Å². The number of nitrogens with two attached hydrogens (primary N) is 1. The number of nitrogen functional groups attached to an aromatic ring is 1. The van der Waals surface area contributed by atoms with Crippen LogP contribution in [0.4, 0.5) is 22.3 Å². The predicted octanol–water partition coefficient (Wildman–Crippen LogP) is 4.97. The second kappa shape index (κ2) is 8.81. The Bertz CT molecular complexity index is 1070. The van der Waals surface area contributed by atoms with Crippen molar-refractivity contribution in [3.05, 3.63) is 63.0 Å². The number of hydrogen-bond acceptors (Lipinski definition) is 7. The third-order valence-electron chi connectivity index (χ3n) is 4.92. The predicted molar refractivity (Wildman–Crippen MR) is 124 cm³/mol. The van der Waals surface area contributed by atoms with Crippen LogP contribution < -0.4 is 16.0 Å². The summed E-state index contributed by atoms with van der Waals surface area (Å²) in [6.45, 7) is 1.59. The summed E-state index contributed by atoms with van der Waals surface area (Å²) in [5.74, 6) is -0.0897. The highest BCUT2D eigenvalue weighted by molar-refractivity contribution is 7.18. The van der Waals surface area contributed by atoms with Crippen molar-refractivity contribution in [2.45, 2.75) is 18.9 Å². The van der Waals surface area contributed by atoms with Gasteiger partial charge in [-0.3, -0.25) is 4.79 Å². The van der Waals surface area contributed by atoms with E-state index in [4.69, 9.17) is 28.9 Å². The first-order valence-electron chi connectivity index (χ1n) is 9.47. The number of benzene rings is 2. The number of aromatic nitrogens is 1. The molecule has 1 saturated heterocycles. The number of aliphatic hydroxyl groups excluding tert-OH is 1. The number of nitrogens with zero attached hydrogens (tertiary/aromatic N) is 2. The summed E-state index contributed by atoms with van der Waals surface area (Å²) < 4.78 is 0. The molecule has 2 aromatic carbocycles. The summed E-state index contributed by atoms with van der Waals surface area (Å²) in [5, 5.41) is 14.3. The molecule has 30 heavy (non-hydrogen) atoms. The Balaban J connectivity index is 1.48. The van der Waals surface area contributed by atoms with Crippen molar-refractivity contribution in [3.63, 3.8) is 0 Å². The van der Waals surface area contributed by atoms with Gasteiger partial charge in [0.25, 0.3) is 0 Å². The van der Waals surface area contributed by atoms with Gasteiger partial charge in [0.05, 0.1) is 16.1 Å². The molecule has 1 atom stereocenters. The second-order valence-corrected chi connectivity index (χ2v) is 8.92. The van der Waals surface area contributed by atoms with Gasteiger partial charge >= 0.3 is 0 Å². The first-order chi connectivity index (χ1) is 14.4. The maximum Gasteiger partial charge on any atom is 0.206 e. The Morgan fingerprint density at radius 3 is 2.67 bits per heavy atom. The average Bonchev–Trinajstić information content (AvgIpc) is 3.10. The van der Waals surface area contributed by atoms with Crippen LogP contribution in [0.25, 0.3) is 0 Å². The van der Waals surface area contributed by atoms with Crippen LogP contribution in [0.1, 0.15) is 28.1 Å². The Morgan fingerprint density at radius 1 is 1.20 bits per heavy atom. The Hall–Kier alpha value is -2.32. The third kappa shape index (κ3) is 4.54. The van der Waals surface area contributed by atoms with E-state index in [0.717, 1.165) is 30.8 Å². The van der Waals surface area contributed by atoms with Gasteiger partial charge in [0.1, 0.15) is 10.7 Å². The summed E-state index contributed by atoms with van der Waals surface area (Å²) in [6, 6.07) is 12.6. The fraction of sp³-hybridized carbons (Fsp3) is 0.238. The zero-order valence-corrected chi connectivity index (χ0v) is 18.3. The Kier molecular flexibility index (Phi) is 6.15. The van der Waals surface area contributed by atoms with Crippen molar-refractivity contribution < 1.29 is 9.90 Å².